The zero-order chi connectivity index (χ0) is 23.0. The number of benzene rings is 2. The quantitative estimate of drug-likeness (QED) is 0.472. The zero-order valence-corrected chi connectivity index (χ0v) is 17.0. The molecule has 0 aliphatic carbocycles. The zero-order valence-electron chi connectivity index (χ0n) is 17.0. The van der Waals surface area contributed by atoms with Gasteiger partial charge in [-0.25, -0.2) is 9.18 Å². The summed E-state index contributed by atoms with van der Waals surface area (Å²) in [4.78, 5) is 12.3. The first-order chi connectivity index (χ1) is 14.5. The minimum Gasteiger partial charge on any atom is -0.485 e. The smallest absolute Gasteiger partial charge is 0.417 e. The SMILES string of the molecule is COC(=O)[C@@H]1OC(C)(C(F)(F)F)C(C)C1c1ccc(F)c(F)c1OCc1ccccc1. The molecule has 2 aromatic carbocycles. The Morgan fingerprint density at radius 2 is 1.77 bits per heavy atom. The predicted molar refractivity (Wildman–Crippen MR) is 100 cm³/mol. The van der Waals surface area contributed by atoms with Gasteiger partial charge in [-0.15, -0.1) is 0 Å². The highest BCUT2D eigenvalue weighted by Gasteiger charge is 2.66. The van der Waals surface area contributed by atoms with Crippen LogP contribution in [-0.2, 0) is 20.9 Å². The van der Waals surface area contributed by atoms with E-state index in [4.69, 9.17) is 9.47 Å². The monoisotopic (exact) mass is 444 g/mol. The summed E-state index contributed by atoms with van der Waals surface area (Å²) in [6, 6.07) is 10.5. The minimum atomic E-state index is -4.82. The molecule has 0 N–H and O–H groups in total. The number of methoxy groups -OCH3 is 1. The number of hydrogen-bond acceptors (Lipinski definition) is 4. The highest BCUT2D eigenvalue weighted by Crippen LogP contribution is 2.55. The molecule has 0 saturated carbocycles. The summed E-state index contributed by atoms with van der Waals surface area (Å²) >= 11 is 0. The van der Waals surface area contributed by atoms with Crippen LogP contribution in [-0.4, -0.2) is 31.0 Å². The van der Waals surface area contributed by atoms with Gasteiger partial charge < -0.3 is 14.2 Å². The lowest BCUT2D eigenvalue weighted by Crippen LogP contribution is -2.47. The Morgan fingerprint density at radius 3 is 2.35 bits per heavy atom. The van der Waals surface area contributed by atoms with E-state index in [1.54, 1.807) is 30.3 Å². The molecule has 0 radical (unpaired) electrons. The van der Waals surface area contributed by atoms with Crippen molar-refractivity contribution in [3.05, 3.63) is 65.2 Å². The van der Waals surface area contributed by atoms with Crippen LogP contribution in [0.2, 0.25) is 0 Å². The number of hydrogen-bond donors (Lipinski definition) is 0. The van der Waals surface area contributed by atoms with Crippen molar-refractivity contribution in [3.8, 4) is 5.75 Å². The normalized spacial score (nSPS) is 26.0. The van der Waals surface area contributed by atoms with Crippen LogP contribution in [0.3, 0.4) is 0 Å². The number of carbonyl (C=O) groups is 1. The molecule has 0 spiro atoms. The molecule has 0 amide bonds. The molecule has 3 unspecified atom stereocenters. The van der Waals surface area contributed by atoms with E-state index in [0.717, 1.165) is 26.2 Å². The van der Waals surface area contributed by atoms with Crippen molar-refractivity contribution in [3.63, 3.8) is 0 Å². The van der Waals surface area contributed by atoms with Crippen LogP contribution >= 0.6 is 0 Å². The van der Waals surface area contributed by atoms with E-state index in [1.807, 2.05) is 0 Å². The minimum absolute atomic E-state index is 0.106. The summed E-state index contributed by atoms with van der Waals surface area (Å²) in [6.07, 6.45) is -6.51. The largest absolute Gasteiger partial charge is 0.485 e. The first-order valence-electron chi connectivity index (χ1n) is 9.48. The van der Waals surface area contributed by atoms with E-state index in [9.17, 15) is 26.7 Å². The molecule has 4 nitrogen and oxygen atoms in total. The maximum atomic E-state index is 14.7. The Balaban J connectivity index is 2.08. The van der Waals surface area contributed by atoms with E-state index in [-0.39, 0.29) is 12.2 Å². The Hall–Kier alpha value is -2.68. The molecule has 0 bridgehead atoms. The second-order valence-electron chi connectivity index (χ2n) is 7.53. The summed E-state index contributed by atoms with van der Waals surface area (Å²) in [5, 5.41) is 0. The molecule has 9 heteroatoms. The maximum absolute atomic E-state index is 14.7. The van der Waals surface area contributed by atoms with Crippen LogP contribution in [0, 0.1) is 17.6 Å². The molecular formula is C22H21F5O4. The van der Waals surface area contributed by atoms with Crippen molar-refractivity contribution in [2.24, 2.45) is 5.92 Å². The van der Waals surface area contributed by atoms with Crippen LogP contribution in [0.1, 0.15) is 30.9 Å². The van der Waals surface area contributed by atoms with Gasteiger partial charge in [-0.2, -0.15) is 17.6 Å². The number of rotatable bonds is 5. The third kappa shape index (κ3) is 4.11. The molecule has 2 aromatic rings. The predicted octanol–water partition coefficient (Wildman–Crippen LogP) is 5.16. The summed E-state index contributed by atoms with van der Waals surface area (Å²) in [7, 11) is 1.01. The highest BCUT2D eigenvalue weighted by atomic mass is 19.4. The highest BCUT2D eigenvalue weighted by molar-refractivity contribution is 5.77. The average Bonchev–Trinajstić information content (AvgIpc) is 3.01. The summed E-state index contributed by atoms with van der Waals surface area (Å²) in [5.74, 6) is -6.83. The molecule has 1 saturated heterocycles. The number of esters is 1. The van der Waals surface area contributed by atoms with Gasteiger partial charge in [0.1, 0.15) is 6.61 Å². The fraction of sp³-hybridized carbons (Fsp3) is 0.409. The van der Waals surface area contributed by atoms with Crippen molar-refractivity contribution in [1.29, 1.82) is 0 Å². The first-order valence-corrected chi connectivity index (χ1v) is 9.48. The average molecular weight is 444 g/mol. The van der Waals surface area contributed by atoms with Gasteiger partial charge >= 0.3 is 12.1 Å². The van der Waals surface area contributed by atoms with Crippen LogP contribution < -0.4 is 4.74 Å². The molecule has 31 heavy (non-hydrogen) atoms. The lowest BCUT2D eigenvalue weighted by atomic mass is 9.77. The Kier molecular flexibility index (Phi) is 6.27. The summed E-state index contributed by atoms with van der Waals surface area (Å²) < 4.78 is 85.4. The molecule has 4 atom stereocenters. The number of carbonyl (C=O) groups excluding carboxylic acids is 1. The van der Waals surface area contributed by atoms with E-state index < -0.39 is 53.1 Å². The topological polar surface area (TPSA) is 44.8 Å². The molecule has 1 heterocycles. The molecule has 0 aromatic heterocycles. The van der Waals surface area contributed by atoms with Gasteiger partial charge in [0, 0.05) is 17.4 Å². The number of halogens is 5. The second-order valence-corrected chi connectivity index (χ2v) is 7.53. The summed E-state index contributed by atoms with van der Waals surface area (Å²) in [5.41, 5.74) is -2.18. The summed E-state index contributed by atoms with van der Waals surface area (Å²) in [6.45, 7) is 1.90. The fourth-order valence-electron chi connectivity index (χ4n) is 3.80. The second kappa shape index (κ2) is 8.45. The van der Waals surface area contributed by atoms with Crippen molar-refractivity contribution < 1.29 is 41.0 Å². The molecule has 3 rings (SSSR count). The van der Waals surface area contributed by atoms with E-state index >= 15 is 0 Å². The van der Waals surface area contributed by atoms with Crippen molar-refractivity contribution in [1.82, 2.24) is 0 Å². The van der Waals surface area contributed by atoms with Gasteiger partial charge in [0.2, 0.25) is 5.82 Å². The van der Waals surface area contributed by atoms with Gasteiger partial charge in [0.15, 0.2) is 23.3 Å². The molecule has 1 fully saturated rings. The third-order valence-electron chi connectivity index (χ3n) is 5.77. The van der Waals surface area contributed by atoms with Gasteiger partial charge in [0.05, 0.1) is 7.11 Å². The van der Waals surface area contributed by atoms with Crippen LogP contribution in [0.5, 0.6) is 5.75 Å². The Labute approximate surface area is 175 Å². The lowest BCUT2D eigenvalue weighted by Gasteiger charge is -2.32. The van der Waals surface area contributed by atoms with E-state index in [2.05, 4.69) is 4.74 Å². The fourth-order valence-corrected chi connectivity index (χ4v) is 3.80. The number of ether oxygens (including phenoxy) is 3. The number of alkyl halides is 3. The molecule has 1 aliphatic heterocycles. The van der Waals surface area contributed by atoms with Gasteiger partial charge in [-0.05, 0) is 18.6 Å². The molecule has 168 valence electrons. The third-order valence-corrected chi connectivity index (χ3v) is 5.77. The van der Waals surface area contributed by atoms with Gasteiger partial charge in [-0.3, -0.25) is 0 Å². The Morgan fingerprint density at radius 1 is 1.13 bits per heavy atom. The van der Waals surface area contributed by atoms with Crippen LogP contribution in [0.25, 0.3) is 0 Å². The van der Waals surface area contributed by atoms with Crippen LogP contribution in [0.15, 0.2) is 42.5 Å². The van der Waals surface area contributed by atoms with Gasteiger partial charge in [-0.1, -0.05) is 43.3 Å². The standard InChI is InChI=1S/C22H21F5O4/c1-12-16(19(20(28)29-3)31-21(12,2)22(25,26)27)14-9-10-15(23)17(24)18(14)30-11-13-7-5-4-6-8-13/h4-10,12,16,19H,11H2,1-3H3/t12?,16?,19-,21?/m1/s1. The van der Waals surface area contributed by atoms with Crippen LogP contribution in [0.4, 0.5) is 22.0 Å². The van der Waals surface area contributed by atoms with E-state index in [1.165, 1.54) is 6.92 Å². The van der Waals surface area contributed by atoms with Crippen molar-refractivity contribution in [2.75, 3.05) is 7.11 Å². The maximum Gasteiger partial charge on any atom is 0.417 e. The molecular weight excluding hydrogens is 423 g/mol. The Bertz CT molecular complexity index is 947. The van der Waals surface area contributed by atoms with Gasteiger partial charge in [0.25, 0.3) is 0 Å². The van der Waals surface area contributed by atoms with E-state index in [0.29, 0.717) is 5.56 Å². The van der Waals surface area contributed by atoms with Crippen molar-refractivity contribution in [2.45, 2.75) is 44.3 Å². The lowest BCUT2D eigenvalue weighted by molar-refractivity contribution is -0.274. The van der Waals surface area contributed by atoms with Crippen molar-refractivity contribution >= 4 is 5.97 Å². The first kappa shape index (κ1) is 23.0. The molecule has 1 aliphatic rings.